The molecule has 2 aromatic rings. The van der Waals surface area contributed by atoms with E-state index < -0.39 is 0 Å². The van der Waals surface area contributed by atoms with Gasteiger partial charge in [-0.1, -0.05) is 19.3 Å². The Morgan fingerprint density at radius 3 is 2.79 bits per heavy atom. The summed E-state index contributed by atoms with van der Waals surface area (Å²) in [6.07, 6.45) is 9.36. The lowest BCUT2D eigenvalue weighted by Gasteiger charge is -2.33. The fourth-order valence-corrected chi connectivity index (χ4v) is 3.82. The van der Waals surface area contributed by atoms with Crippen LogP contribution in [0.15, 0.2) is 24.4 Å². The number of aromatic nitrogens is 2. The Balaban J connectivity index is 1.46. The van der Waals surface area contributed by atoms with Crippen molar-refractivity contribution in [1.29, 1.82) is 0 Å². The molecule has 1 aliphatic carbocycles. The zero-order valence-corrected chi connectivity index (χ0v) is 16.7. The molecule has 2 amide bonds. The van der Waals surface area contributed by atoms with Crippen molar-refractivity contribution < 1.29 is 9.18 Å². The minimum atomic E-state index is -0.322. The number of nitrogens with one attached hydrogen (secondary N) is 3. The highest BCUT2D eigenvalue weighted by molar-refractivity contribution is 5.89. The number of halogens is 1. The predicted molar refractivity (Wildman–Crippen MR) is 110 cm³/mol. The van der Waals surface area contributed by atoms with E-state index in [1.54, 1.807) is 12.1 Å². The van der Waals surface area contributed by atoms with Crippen LogP contribution in [0.25, 0.3) is 0 Å². The largest absolute Gasteiger partial charge is 0.369 e. The van der Waals surface area contributed by atoms with E-state index >= 15 is 0 Å². The minimum Gasteiger partial charge on any atom is -0.369 e. The van der Waals surface area contributed by atoms with E-state index in [0.717, 1.165) is 36.9 Å². The Hall–Kier alpha value is -2.57. The van der Waals surface area contributed by atoms with Gasteiger partial charge in [0.15, 0.2) is 0 Å². The van der Waals surface area contributed by atoms with Gasteiger partial charge in [-0.2, -0.15) is 5.10 Å². The first kappa shape index (κ1) is 20.2. The Labute approximate surface area is 165 Å². The van der Waals surface area contributed by atoms with Gasteiger partial charge in [0, 0.05) is 31.0 Å². The van der Waals surface area contributed by atoms with Crippen molar-refractivity contribution >= 4 is 17.4 Å². The monoisotopic (exact) mass is 387 g/mol. The summed E-state index contributed by atoms with van der Waals surface area (Å²) in [4.78, 5) is 14.1. The fourth-order valence-electron chi connectivity index (χ4n) is 3.82. The molecule has 0 saturated heterocycles. The Kier molecular flexibility index (Phi) is 6.90. The van der Waals surface area contributed by atoms with E-state index in [1.807, 2.05) is 25.1 Å². The first-order valence-electron chi connectivity index (χ1n) is 10.1. The lowest BCUT2D eigenvalue weighted by molar-refractivity contribution is 0.252. The SMILES string of the molecule is Cc1[nH]ncc1CCCNC(=O)Nc1ccc(N(C)C2CCCCC2)c(F)c1. The van der Waals surface area contributed by atoms with E-state index in [0.29, 0.717) is 24.0 Å². The summed E-state index contributed by atoms with van der Waals surface area (Å²) in [5, 5.41) is 12.4. The lowest BCUT2D eigenvalue weighted by atomic mass is 9.94. The second-order valence-corrected chi connectivity index (χ2v) is 7.57. The number of hydrogen-bond donors (Lipinski definition) is 3. The van der Waals surface area contributed by atoms with Gasteiger partial charge >= 0.3 is 6.03 Å². The molecule has 6 nitrogen and oxygen atoms in total. The number of carbonyl (C=O) groups excluding carboxylic acids is 1. The van der Waals surface area contributed by atoms with Crippen LogP contribution in [0.2, 0.25) is 0 Å². The van der Waals surface area contributed by atoms with Crippen LogP contribution in [0.5, 0.6) is 0 Å². The predicted octanol–water partition coefficient (Wildman–Crippen LogP) is 4.38. The third-order valence-corrected chi connectivity index (χ3v) is 5.55. The molecule has 0 radical (unpaired) electrons. The van der Waals surface area contributed by atoms with Crippen LogP contribution in [-0.4, -0.2) is 35.9 Å². The van der Waals surface area contributed by atoms with Gasteiger partial charge in [0.05, 0.1) is 11.9 Å². The minimum absolute atomic E-state index is 0.304. The summed E-state index contributed by atoms with van der Waals surface area (Å²) in [6, 6.07) is 4.97. The molecule has 0 bridgehead atoms. The number of hydrogen-bond acceptors (Lipinski definition) is 3. The molecule has 3 N–H and O–H groups in total. The zero-order chi connectivity index (χ0) is 19.9. The average molecular weight is 388 g/mol. The number of nitrogens with zero attached hydrogens (tertiary/aromatic N) is 2. The van der Waals surface area contributed by atoms with E-state index in [2.05, 4.69) is 20.8 Å². The van der Waals surface area contributed by atoms with Crippen LogP contribution < -0.4 is 15.5 Å². The van der Waals surface area contributed by atoms with Crippen LogP contribution >= 0.6 is 0 Å². The molecule has 0 spiro atoms. The van der Waals surface area contributed by atoms with Gasteiger partial charge < -0.3 is 15.5 Å². The van der Waals surface area contributed by atoms with Gasteiger partial charge in [-0.15, -0.1) is 0 Å². The molecular formula is C21H30FN5O. The molecule has 0 unspecified atom stereocenters. The highest BCUT2D eigenvalue weighted by atomic mass is 19.1. The maximum atomic E-state index is 14.6. The molecule has 7 heteroatoms. The van der Waals surface area contributed by atoms with E-state index in [9.17, 15) is 9.18 Å². The second kappa shape index (κ2) is 9.57. The highest BCUT2D eigenvalue weighted by Crippen LogP contribution is 2.29. The van der Waals surface area contributed by atoms with Crippen LogP contribution in [-0.2, 0) is 6.42 Å². The number of aryl methyl sites for hydroxylation is 2. The van der Waals surface area contributed by atoms with Crippen LogP contribution in [0, 0.1) is 12.7 Å². The van der Waals surface area contributed by atoms with Crippen molar-refractivity contribution in [3.05, 3.63) is 41.5 Å². The topological polar surface area (TPSA) is 73.0 Å². The highest BCUT2D eigenvalue weighted by Gasteiger charge is 2.20. The van der Waals surface area contributed by atoms with Crippen molar-refractivity contribution in [2.75, 3.05) is 23.8 Å². The molecular weight excluding hydrogens is 357 g/mol. The van der Waals surface area contributed by atoms with Crippen LogP contribution in [0.3, 0.4) is 0 Å². The maximum absolute atomic E-state index is 14.6. The number of urea groups is 1. The molecule has 152 valence electrons. The Morgan fingerprint density at radius 2 is 2.11 bits per heavy atom. The Morgan fingerprint density at radius 1 is 1.32 bits per heavy atom. The molecule has 1 heterocycles. The number of H-pyrrole nitrogens is 1. The van der Waals surface area contributed by atoms with Gasteiger partial charge in [0.2, 0.25) is 0 Å². The summed E-state index contributed by atoms with van der Waals surface area (Å²) < 4.78 is 14.6. The number of benzene rings is 1. The quantitative estimate of drug-likeness (QED) is 0.617. The van der Waals surface area contributed by atoms with Crippen molar-refractivity contribution in [3.63, 3.8) is 0 Å². The maximum Gasteiger partial charge on any atom is 0.319 e. The third kappa shape index (κ3) is 5.24. The summed E-state index contributed by atoms with van der Waals surface area (Å²) in [7, 11) is 1.95. The number of aromatic amines is 1. The molecule has 0 aliphatic heterocycles. The van der Waals surface area contributed by atoms with Crippen LogP contribution in [0.4, 0.5) is 20.6 Å². The van der Waals surface area contributed by atoms with Gasteiger partial charge in [-0.05, 0) is 56.4 Å². The molecule has 0 atom stereocenters. The van der Waals surface area contributed by atoms with Crippen molar-refractivity contribution in [2.24, 2.45) is 0 Å². The smallest absolute Gasteiger partial charge is 0.319 e. The van der Waals surface area contributed by atoms with E-state index in [1.165, 1.54) is 25.3 Å². The normalized spacial score (nSPS) is 14.7. The van der Waals surface area contributed by atoms with Crippen molar-refractivity contribution in [1.82, 2.24) is 15.5 Å². The number of amides is 2. The number of carbonyl (C=O) groups is 1. The molecule has 1 aromatic carbocycles. The molecule has 28 heavy (non-hydrogen) atoms. The lowest BCUT2D eigenvalue weighted by Crippen LogP contribution is -2.34. The van der Waals surface area contributed by atoms with Gasteiger partial charge in [0.1, 0.15) is 5.82 Å². The molecule has 1 aromatic heterocycles. The molecule has 1 fully saturated rings. The fraction of sp³-hybridized carbons (Fsp3) is 0.524. The second-order valence-electron chi connectivity index (χ2n) is 7.57. The first-order valence-corrected chi connectivity index (χ1v) is 10.1. The third-order valence-electron chi connectivity index (χ3n) is 5.55. The standard InChI is InChI=1S/C21H30FN5O/c1-15-16(14-24-26-15)7-6-12-23-21(28)25-17-10-11-20(19(22)13-17)27(2)18-8-4-3-5-9-18/h10-11,13-14,18H,3-9,12H2,1-2H3,(H,24,26)(H2,23,25,28). The van der Waals surface area contributed by atoms with Gasteiger partial charge in [-0.3, -0.25) is 5.10 Å². The van der Waals surface area contributed by atoms with Crippen molar-refractivity contribution in [3.8, 4) is 0 Å². The molecule has 3 rings (SSSR count). The van der Waals surface area contributed by atoms with Crippen molar-refractivity contribution in [2.45, 2.75) is 57.9 Å². The van der Waals surface area contributed by atoms with E-state index in [-0.39, 0.29) is 11.8 Å². The first-order chi connectivity index (χ1) is 13.5. The van der Waals surface area contributed by atoms with Crippen LogP contribution in [0.1, 0.15) is 49.8 Å². The Bertz CT molecular complexity index is 785. The number of rotatable bonds is 7. The summed E-state index contributed by atoms with van der Waals surface area (Å²) in [5.74, 6) is -0.304. The summed E-state index contributed by atoms with van der Waals surface area (Å²) in [6.45, 7) is 2.52. The summed E-state index contributed by atoms with van der Waals surface area (Å²) >= 11 is 0. The molecule has 1 saturated carbocycles. The zero-order valence-electron chi connectivity index (χ0n) is 16.7. The summed E-state index contributed by atoms with van der Waals surface area (Å²) in [5.41, 5.74) is 3.26. The van der Waals surface area contributed by atoms with Gasteiger partial charge in [0.25, 0.3) is 0 Å². The number of anilines is 2. The van der Waals surface area contributed by atoms with Gasteiger partial charge in [-0.25, -0.2) is 9.18 Å². The van der Waals surface area contributed by atoms with E-state index in [4.69, 9.17) is 0 Å². The molecule has 1 aliphatic rings. The average Bonchev–Trinajstić information content (AvgIpc) is 3.10.